The van der Waals surface area contributed by atoms with Crippen molar-refractivity contribution in [3.63, 3.8) is 0 Å². The Hall–Kier alpha value is -0.0800. The van der Waals surface area contributed by atoms with Gasteiger partial charge in [0, 0.05) is 31.2 Å². The van der Waals surface area contributed by atoms with Crippen LogP contribution in [0.15, 0.2) is 0 Å². The van der Waals surface area contributed by atoms with Gasteiger partial charge in [0.2, 0.25) is 0 Å². The molecule has 0 aromatic carbocycles. The third-order valence-electron chi connectivity index (χ3n) is 6.53. The van der Waals surface area contributed by atoms with Gasteiger partial charge in [-0.1, -0.05) is 13.8 Å². The Bertz CT molecular complexity index is 337. The summed E-state index contributed by atoms with van der Waals surface area (Å²) < 4.78 is 0. The van der Waals surface area contributed by atoms with Crippen molar-refractivity contribution in [2.24, 2.45) is 29.6 Å². The van der Waals surface area contributed by atoms with Crippen molar-refractivity contribution >= 4 is 0 Å². The molecular weight excluding hydrogens is 232 g/mol. The molecule has 0 radical (unpaired) electrons. The normalized spacial score (nSPS) is 52.7. The van der Waals surface area contributed by atoms with E-state index in [1.165, 1.54) is 19.5 Å². The monoisotopic (exact) mass is 262 g/mol. The zero-order valence-corrected chi connectivity index (χ0v) is 12.8. The van der Waals surface area contributed by atoms with Crippen LogP contribution in [-0.2, 0) is 0 Å². The average molecular weight is 262 g/mol. The third-order valence-corrected chi connectivity index (χ3v) is 6.53. The molecule has 0 aromatic heterocycles. The molecule has 108 valence electrons. The third kappa shape index (κ3) is 1.98. The SMILES string of the molecule is CC(C)CC1CN(C2C3C4CCC(C4)C32)C(C)CN1. The van der Waals surface area contributed by atoms with Gasteiger partial charge in [0.25, 0.3) is 0 Å². The first-order chi connectivity index (χ1) is 9.15. The molecule has 0 aromatic rings. The number of hydrogen-bond donors (Lipinski definition) is 1. The number of nitrogens with zero attached hydrogens (tertiary/aromatic N) is 1. The van der Waals surface area contributed by atoms with E-state index in [1.807, 2.05) is 0 Å². The van der Waals surface area contributed by atoms with Gasteiger partial charge in [0.1, 0.15) is 0 Å². The molecule has 3 saturated carbocycles. The molecule has 1 saturated heterocycles. The summed E-state index contributed by atoms with van der Waals surface area (Å²) >= 11 is 0. The number of nitrogens with one attached hydrogen (secondary N) is 1. The van der Waals surface area contributed by atoms with E-state index in [9.17, 15) is 0 Å². The van der Waals surface area contributed by atoms with E-state index in [0.717, 1.165) is 47.7 Å². The summed E-state index contributed by atoms with van der Waals surface area (Å²) in [4.78, 5) is 2.91. The number of hydrogen-bond acceptors (Lipinski definition) is 2. The van der Waals surface area contributed by atoms with E-state index >= 15 is 0 Å². The number of piperazine rings is 1. The van der Waals surface area contributed by atoms with Gasteiger partial charge in [-0.05, 0) is 62.2 Å². The van der Waals surface area contributed by atoms with E-state index in [-0.39, 0.29) is 0 Å². The second kappa shape index (κ2) is 4.46. The maximum atomic E-state index is 3.77. The molecular formula is C17H30N2. The molecule has 4 rings (SSSR count). The smallest absolute Gasteiger partial charge is 0.0198 e. The summed E-state index contributed by atoms with van der Waals surface area (Å²) in [6.45, 7) is 9.68. The summed E-state index contributed by atoms with van der Waals surface area (Å²) in [5, 5.41) is 3.77. The van der Waals surface area contributed by atoms with Gasteiger partial charge >= 0.3 is 0 Å². The van der Waals surface area contributed by atoms with Crippen LogP contribution in [0.1, 0.15) is 46.5 Å². The number of rotatable bonds is 3. The lowest BCUT2D eigenvalue weighted by Crippen LogP contribution is -2.57. The molecule has 4 fully saturated rings. The molecule has 4 aliphatic rings. The lowest BCUT2D eigenvalue weighted by Gasteiger charge is -2.41. The van der Waals surface area contributed by atoms with Crippen molar-refractivity contribution in [1.29, 1.82) is 0 Å². The van der Waals surface area contributed by atoms with Gasteiger partial charge in [-0.25, -0.2) is 0 Å². The lowest BCUT2D eigenvalue weighted by molar-refractivity contribution is 0.104. The highest BCUT2D eigenvalue weighted by Crippen LogP contribution is 2.67. The fourth-order valence-electron chi connectivity index (χ4n) is 5.82. The van der Waals surface area contributed by atoms with Gasteiger partial charge in [-0.3, -0.25) is 4.90 Å². The van der Waals surface area contributed by atoms with Crippen LogP contribution in [0.3, 0.4) is 0 Å². The largest absolute Gasteiger partial charge is 0.311 e. The van der Waals surface area contributed by atoms with Gasteiger partial charge in [-0.15, -0.1) is 0 Å². The van der Waals surface area contributed by atoms with Crippen molar-refractivity contribution in [2.75, 3.05) is 13.1 Å². The van der Waals surface area contributed by atoms with Crippen LogP contribution < -0.4 is 5.32 Å². The van der Waals surface area contributed by atoms with Gasteiger partial charge in [0.05, 0.1) is 0 Å². The molecule has 2 nitrogen and oxygen atoms in total. The lowest BCUT2D eigenvalue weighted by atomic mass is 9.98. The van der Waals surface area contributed by atoms with Crippen LogP contribution in [0.2, 0.25) is 0 Å². The van der Waals surface area contributed by atoms with E-state index in [0.29, 0.717) is 0 Å². The maximum absolute atomic E-state index is 3.77. The van der Waals surface area contributed by atoms with Gasteiger partial charge in [-0.2, -0.15) is 0 Å². The van der Waals surface area contributed by atoms with Crippen LogP contribution in [0, 0.1) is 29.6 Å². The van der Waals surface area contributed by atoms with Crippen molar-refractivity contribution in [3.8, 4) is 0 Å². The predicted molar refractivity (Wildman–Crippen MR) is 79.0 cm³/mol. The Balaban J connectivity index is 1.43. The van der Waals surface area contributed by atoms with Crippen LogP contribution in [-0.4, -0.2) is 36.1 Å². The van der Waals surface area contributed by atoms with Gasteiger partial charge in [0.15, 0.2) is 0 Å². The number of fused-ring (bicyclic) bond motifs is 5. The summed E-state index contributed by atoms with van der Waals surface area (Å²) in [6.07, 6.45) is 6.04. The second-order valence-corrected chi connectivity index (χ2v) is 8.26. The Kier molecular flexibility index (Phi) is 2.97. The van der Waals surface area contributed by atoms with Crippen molar-refractivity contribution < 1.29 is 0 Å². The van der Waals surface area contributed by atoms with Crippen molar-refractivity contribution in [2.45, 2.75) is 64.6 Å². The van der Waals surface area contributed by atoms with E-state index in [2.05, 4.69) is 31.0 Å². The molecule has 1 heterocycles. The summed E-state index contributed by atoms with van der Waals surface area (Å²) in [5.41, 5.74) is 0. The van der Waals surface area contributed by atoms with Crippen LogP contribution in [0.4, 0.5) is 0 Å². The standard InChI is InChI=1S/C17H30N2/c1-10(2)6-14-9-19(11(3)8-18-14)17-15-12-4-5-13(7-12)16(15)17/h10-18H,4-9H2,1-3H3. The Morgan fingerprint density at radius 3 is 2.47 bits per heavy atom. The van der Waals surface area contributed by atoms with Crippen molar-refractivity contribution in [3.05, 3.63) is 0 Å². The molecule has 2 heteroatoms. The minimum Gasteiger partial charge on any atom is -0.311 e. The molecule has 1 aliphatic heterocycles. The molecule has 1 N–H and O–H groups in total. The zero-order valence-electron chi connectivity index (χ0n) is 12.8. The molecule has 6 unspecified atom stereocenters. The van der Waals surface area contributed by atoms with Crippen molar-refractivity contribution in [1.82, 2.24) is 10.2 Å². The van der Waals surface area contributed by atoms with E-state index < -0.39 is 0 Å². The first-order valence-corrected chi connectivity index (χ1v) is 8.64. The maximum Gasteiger partial charge on any atom is 0.0198 e. The first kappa shape index (κ1) is 12.6. The zero-order chi connectivity index (χ0) is 13.1. The molecule has 2 bridgehead atoms. The fourth-order valence-corrected chi connectivity index (χ4v) is 5.82. The first-order valence-electron chi connectivity index (χ1n) is 8.64. The Morgan fingerprint density at radius 2 is 1.84 bits per heavy atom. The summed E-state index contributed by atoms with van der Waals surface area (Å²) in [7, 11) is 0. The highest BCUT2D eigenvalue weighted by molar-refractivity contribution is 5.18. The highest BCUT2D eigenvalue weighted by Gasteiger charge is 2.67. The minimum absolute atomic E-state index is 0.746. The topological polar surface area (TPSA) is 15.3 Å². The Morgan fingerprint density at radius 1 is 1.16 bits per heavy atom. The van der Waals surface area contributed by atoms with Crippen LogP contribution in [0.5, 0.6) is 0 Å². The molecule has 0 amide bonds. The average Bonchev–Trinajstić information content (AvgIpc) is 2.78. The second-order valence-electron chi connectivity index (χ2n) is 8.26. The molecule has 19 heavy (non-hydrogen) atoms. The fraction of sp³-hybridized carbons (Fsp3) is 1.00. The van der Waals surface area contributed by atoms with Gasteiger partial charge < -0.3 is 5.32 Å². The van der Waals surface area contributed by atoms with Crippen LogP contribution in [0.25, 0.3) is 0 Å². The van der Waals surface area contributed by atoms with E-state index in [4.69, 9.17) is 0 Å². The summed E-state index contributed by atoms with van der Waals surface area (Å²) in [5.74, 6) is 5.27. The highest BCUT2D eigenvalue weighted by atomic mass is 15.3. The molecule has 0 spiro atoms. The quantitative estimate of drug-likeness (QED) is 0.841. The van der Waals surface area contributed by atoms with Crippen LogP contribution >= 0.6 is 0 Å². The molecule has 6 atom stereocenters. The molecule has 3 aliphatic carbocycles. The predicted octanol–water partition coefficient (Wildman–Crippen LogP) is 2.74. The minimum atomic E-state index is 0.746. The summed E-state index contributed by atoms with van der Waals surface area (Å²) in [6, 6.07) is 2.49. The van der Waals surface area contributed by atoms with E-state index in [1.54, 1.807) is 19.3 Å². The Labute approximate surface area is 118 Å².